The summed E-state index contributed by atoms with van der Waals surface area (Å²) in [6, 6.07) is 9.14. The molecular formula is C19H16ClN7O2. The number of ether oxygens (including phenoxy) is 1. The lowest BCUT2D eigenvalue weighted by Crippen LogP contribution is -2.13. The van der Waals surface area contributed by atoms with Gasteiger partial charge in [-0.05, 0) is 18.6 Å². The van der Waals surface area contributed by atoms with Crippen molar-refractivity contribution in [3.8, 4) is 28.3 Å². The number of halogens is 1. The van der Waals surface area contributed by atoms with Crippen molar-refractivity contribution in [1.82, 2.24) is 29.9 Å². The van der Waals surface area contributed by atoms with E-state index in [9.17, 15) is 4.79 Å². The summed E-state index contributed by atoms with van der Waals surface area (Å²) in [6.45, 7) is 1.90. The molecule has 146 valence electrons. The van der Waals surface area contributed by atoms with E-state index in [2.05, 4.69) is 30.2 Å². The summed E-state index contributed by atoms with van der Waals surface area (Å²) in [5.41, 5.74) is 3.72. The molecular weight excluding hydrogens is 394 g/mol. The summed E-state index contributed by atoms with van der Waals surface area (Å²) in [4.78, 5) is 18.7. The van der Waals surface area contributed by atoms with Gasteiger partial charge in [0.05, 0.1) is 23.4 Å². The number of carbonyl (C=O) groups is 1. The van der Waals surface area contributed by atoms with Crippen LogP contribution < -0.4 is 5.32 Å². The smallest absolute Gasteiger partial charge is 0.412 e. The molecule has 3 aromatic heterocycles. The highest BCUT2D eigenvalue weighted by atomic mass is 35.5. The Morgan fingerprint density at radius 3 is 2.83 bits per heavy atom. The summed E-state index contributed by atoms with van der Waals surface area (Å²) in [5, 5.41) is 15.8. The fourth-order valence-corrected chi connectivity index (χ4v) is 3.07. The van der Waals surface area contributed by atoms with E-state index in [1.807, 2.05) is 31.3 Å². The highest BCUT2D eigenvalue weighted by Gasteiger charge is 2.19. The molecule has 0 fully saturated rings. The number of methoxy groups -OCH3 is 1. The first-order valence-electron chi connectivity index (χ1n) is 8.60. The van der Waals surface area contributed by atoms with Crippen LogP contribution in [0.15, 0.2) is 49.1 Å². The molecule has 3 heterocycles. The Kier molecular flexibility index (Phi) is 4.96. The molecule has 2 N–H and O–H groups in total. The number of aryl methyl sites for hydroxylation is 1. The maximum absolute atomic E-state index is 11.5. The van der Waals surface area contributed by atoms with Gasteiger partial charge in [-0.25, -0.2) is 14.5 Å². The lowest BCUT2D eigenvalue weighted by molar-refractivity contribution is 0.187. The second-order valence-corrected chi connectivity index (χ2v) is 6.53. The summed E-state index contributed by atoms with van der Waals surface area (Å²) in [5.74, 6) is 0.902. The Morgan fingerprint density at radius 1 is 1.28 bits per heavy atom. The molecule has 4 rings (SSSR count). The quantitative estimate of drug-likeness (QED) is 0.529. The number of aromatic nitrogens is 6. The third-order valence-corrected chi connectivity index (χ3v) is 4.58. The highest BCUT2D eigenvalue weighted by Crippen LogP contribution is 2.34. The van der Waals surface area contributed by atoms with Crippen molar-refractivity contribution in [2.45, 2.75) is 6.92 Å². The van der Waals surface area contributed by atoms with Gasteiger partial charge >= 0.3 is 6.09 Å². The standard InChI is InChI=1S/C19H16ClN7O2/c1-11-8-21-16(24-19(28)29-2)7-15(11)27-9-13(18-22-10-23-25-18)17(26-27)12-5-3-4-6-14(12)20/h3-10H,1-2H3,(H,21,24,28)(H,22,23,25). The van der Waals surface area contributed by atoms with E-state index in [-0.39, 0.29) is 0 Å². The number of hydrogen-bond donors (Lipinski definition) is 2. The number of anilines is 1. The van der Waals surface area contributed by atoms with Crippen LogP contribution >= 0.6 is 11.6 Å². The van der Waals surface area contributed by atoms with Crippen LogP contribution in [0.5, 0.6) is 0 Å². The van der Waals surface area contributed by atoms with Crippen molar-refractivity contribution in [2.75, 3.05) is 12.4 Å². The molecule has 0 aliphatic rings. The Hall–Kier alpha value is -3.72. The molecule has 9 nitrogen and oxygen atoms in total. The molecule has 4 aromatic rings. The zero-order valence-corrected chi connectivity index (χ0v) is 16.3. The first kappa shape index (κ1) is 18.6. The molecule has 0 atom stereocenters. The van der Waals surface area contributed by atoms with Gasteiger partial charge < -0.3 is 9.72 Å². The first-order chi connectivity index (χ1) is 14.1. The van der Waals surface area contributed by atoms with Crippen LogP contribution in [0.2, 0.25) is 5.02 Å². The van der Waals surface area contributed by atoms with Crippen molar-refractivity contribution in [2.24, 2.45) is 0 Å². The number of rotatable bonds is 4. The molecule has 0 bridgehead atoms. The number of hydrogen-bond acceptors (Lipinski definition) is 6. The minimum absolute atomic E-state index is 0.341. The third kappa shape index (κ3) is 3.67. The van der Waals surface area contributed by atoms with Gasteiger partial charge in [-0.1, -0.05) is 29.8 Å². The lowest BCUT2D eigenvalue weighted by Gasteiger charge is -2.09. The van der Waals surface area contributed by atoms with Crippen molar-refractivity contribution in [3.05, 3.63) is 59.6 Å². The van der Waals surface area contributed by atoms with Gasteiger partial charge in [0.25, 0.3) is 0 Å². The van der Waals surface area contributed by atoms with E-state index in [0.29, 0.717) is 22.4 Å². The Bertz CT molecular complexity index is 1170. The molecule has 1 aromatic carbocycles. The monoisotopic (exact) mass is 409 g/mol. The average molecular weight is 410 g/mol. The number of benzene rings is 1. The van der Waals surface area contributed by atoms with Gasteiger partial charge in [-0.3, -0.25) is 5.32 Å². The normalized spacial score (nSPS) is 10.7. The van der Waals surface area contributed by atoms with Crippen LogP contribution in [0.3, 0.4) is 0 Å². The van der Waals surface area contributed by atoms with E-state index >= 15 is 0 Å². The third-order valence-electron chi connectivity index (χ3n) is 4.25. The molecule has 0 aliphatic heterocycles. The van der Waals surface area contributed by atoms with Crippen LogP contribution in [0.1, 0.15) is 5.56 Å². The Labute approximate surface area is 170 Å². The molecule has 10 heteroatoms. The maximum atomic E-state index is 11.5. The maximum Gasteiger partial charge on any atom is 0.412 e. The molecule has 1 amide bonds. The van der Waals surface area contributed by atoms with Crippen molar-refractivity contribution < 1.29 is 9.53 Å². The number of carbonyl (C=O) groups excluding carboxylic acids is 1. The van der Waals surface area contributed by atoms with Crippen molar-refractivity contribution in [3.63, 3.8) is 0 Å². The van der Waals surface area contributed by atoms with E-state index in [0.717, 1.165) is 22.4 Å². The summed E-state index contributed by atoms with van der Waals surface area (Å²) < 4.78 is 6.32. The fraction of sp³-hybridized carbons (Fsp3) is 0.105. The molecule has 0 saturated carbocycles. The molecule has 0 saturated heterocycles. The van der Waals surface area contributed by atoms with Crippen LogP contribution in [-0.2, 0) is 4.74 Å². The predicted molar refractivity (Wildman–Crippen MR) is 108 cm³/mol. The van der Waals surface area contributed by atoms with Gasteiger partial charge in [0.15, 0.2) is 5.82 Å². The topological polar surface area (TPSA) is 111 Å². The fourth-order valence-electron chi connectivity index (χ4n) is 2.84. The van der Waals surface area contributed by atoms with E-state index in [1.54, 1.807) is 23.0 Å². The number of nitrogens with one attached hydrogen (secondary N) is 2. The minimum Gasteiger partial charge on any atom is -0.453 e. The van der Waals surface area contributed by atoms with Crippen LogP contribution in [0.4, 0.5) is 10.6 Å². The second kappa shape index (κ2) is 7.72. The van der Waals surface area contributed by atoms with Crippen LogP contribution in [-0.4, -0.2) is 43.1 Å². The SMILES string of the molecule is COC(=O)Nc1cc(-n2cc(-c3nnc[nH]3)c(-c3ccccc3Cl)n2)c(C)cn1. The summed E-state index contributed by atoms with van der Waals surface area (Å²) >= 11 is 6.41. The van der Waals surface area contributed by atoms with Gasteiger partial charge in [0.1, 0.15) is 17.8 Å². The molecule has 0 spiro atoms. The van der Waals surface area contributed by atoms with Gasteiger partial charge in [-0.15, -0.1) is 10.2 Å². The van der Waals surface area contributed by atoms with Gasteiger partial charge in [0, 0.05) is 24.0 Å². The largest absolute Gasteiger partial charge is 0.453 e. The summed E-state index contributed by atoms with van der Waals surface area (Å²) in [7, 11) is 1.29. The molecule has 0 radical (unpaired) electrons. The zero-order chi connectivity index (χ0) is 20.4. The zero-order valence-electron chi connectivity index (χ0n) is 15.5. The second-order valence-electron chi connectivity index (χ2n) is 6.13. The van der Waals surface area contributed by atoms with E-state index in [4.69, 9.17) is 16.7 Å². The Morgan fingerprint density at radius 2 is 2.10 bits per heavy atom. The number of aromatic amines is 1. The number of H-pyrrole nitrogens is 1. The lowest BCUT2D eigenvalue weighted by atomic mass is 10.1. The number of amides is 1. The Balaban J connectivity index is 1.86. The van der Waals surface area contributed by atoms with Crippen LogP contribution in [0, 0.1) is 6.92 Å². The molecule has 29 heavy (non-hydrogen) atoms. The minimum atomic E-state index is -0.605. The highest BCUT2D eigenvalue weighted by molar-refractivity contribution is 6.33. The number of pyridine rings is 1. The first-order valence-corrected chi connectivity index (χ1v) is 8.97. The summed E-state index contributed by atoms with van der Waals surface area (Å²) in [6.07, 6.45) is 4.36. The van der Waals surface area contributed by atoms with Gasteiger partial charge in [0.2, 0.25) is 0 Å². The average Bonchev–Trinajstić information content (AvgIpc) is 3.39. The van der Waals surface area contributed by atoms with E-state index < -0.39 is 6.09 Å². The molecule has 0 aliphatic carbocycles. The van der Waals surface area contributed by atoms with Crippen molar-refractivity contribution >= 4 is 23.5 Å². The van der Waals surface area contributed by atoms with E-state index in [1.165, 1.54) is 13.4 Å². The van der Waals surface area contributed by atoms with Gasteiger partial charge in [-0.2, -0.15) is 5.10 Å². The molecule has 0 unspecified atom stereocenters. The number of nitrogens with zero attached hydrogens (tertiary/aromatic N) is 5. The predicted octanol–water partition coefficient (Wildman–Crippen LogP) is 3.86. The van der Waals surface area contributed by atoms with Crippen LogP contribution in [0.25, 0.3) is 28.3 Å². The van der Waals surface area contributed by atoms with Crippen molar-refractivity contribution in [1.29, 1.82) is 0 Å².